The van der Waals surface area contributed by atoms with Crippen LogP contribution in [0.1, 0.15) is 11.1 Å². The quantitative estimate of drug-likeness (QED) is 0.492. The first-order valence-corrected chi connectivity index (χ1v) is 7.41. The highest BCUT2D eigenvalue weighted by Crippen LogP contribution is 2.28. The van der Waals surface area contributed by atoms with E-state index in [0.29, 0.717) is 22.7 Å². The maximum absolute atomic E-state index is 12.1. The Morgan fingerprint density at radius 3 is 2.52 bits per heavy atom. The molecule has 1 N–H and O–H groups in total. The van der Waals surface area contributed by atoms with Crippen molar-refractivity contribution in [2.24, 2.45) is 0 Å². The fraction of sp³-hybridized carbons (Fsp3) is 0.167. The zero-order valence-corrected chi connectivity index (χ0v) is 14.1. The van der Waals surface area contributed by atoms with Crippen molar-refractivity contribution < 1.29 is 19.2 Å². The highest BCUT2D eigenvalue weighted by Gasteiger charge is 2.14. The lowest BCUT2D eigenvalue weighted by Crippen LogP contribution is -2.09. The van der Waals surface area contributed by atoms with E-state index in [4.69, 9.17) is 9.47 Å². The summed E-state index contributed by atoms with van der Waals surface area (Å²) in [6.45, 7) is 1.59. The van der Waals surface area contributed by atoms with Crippen LogP contribution in [0.25, 0.3) is 6.08 Å². The van der Waals surface area contributed by atoms with Crippen molar-refractivity contribution in [2.45, 2.75) is 6.92 Å². The molecule has 0 atom stereocenters. The molecule has 7 nitrogen and oxygen atoms in total. The third-order valence-corrected chi connectivity index (χ3v) is 3.59. The fourth-order valence-electron chi connectivity index (χ4n) is 2.26. The second-order valence-corrected chi connectivity index (χ2v) is 5.14. The lowest BCUT2D eigenvalue weighted by atomic mass is 10.1. The van der Waals surface area contributed by atoms with Gasteiger partial charge in [0.1, 0.15) is 0 Å². The van der Waals surface area contributed by atoms with Crippen LogP contribution in [-0.2, 0) is 4.79 Å². The van der Waals surface area contributed by atoms with Crippen molar-refractivity contribution in [3.63, 3.8) is 0 Å². The maximum Gasteiger partial charge on any atom is 0.274 e. The molecule has 0 spiro atoms. The van der Waals surface area contributed by atoms with E-state index >= 15 is 0 Å². The Bertz CT molecular complexity index is 830. The lowest BCUT2D eigenvalue weighted by Gasteiger charge is -2.08. The average molecular weight is 342 g/mol. The number of nitrogens with zero attached hydrogens (tertiary/aromatic N) is 1. The van der Waals surface area contributed by atoms with Gasteiger partial charge in [-0.2, -0.15) is 0 Å². The molecule has 0 unspecified atom stereocenters. The standard InChI is InChI=1S/C18H18N2O5/c1-12-14(5-4-6-15(12)20(22)23)19-18(21)10-8-13-7-9-16(24-2)17(11-13)25-3/h4-11H,1-3H3,(H,19,21)/b10-8+. The molecule has 2 rings (SSSR count). The van der Waals surface area contributed by atoms with E-state index in [2.05, 4.69) is 5.32 Å². The molecule has 0 fully saturated rings. The molecule has 0 aliphatic rings. The minimum absolute atomic E-state index is 0.0401. The summed E-state index contributed by atoms with van der Waals surface area (Å²) in [4.78, 5) is 22.5. The maximum atomic E-state index is 12.1. The summed E-state index contributed by atoms with van der Waals surface area (Å²) in [6.07, 6.45) is 2.96. The Labute approximate surface area is 145 Å². The van der Waals surface area contributed by atoms with Crippen molar-refractivity contribution >= 4 is 23.4 Å². The number of carbonyl (C=O) groups excluding carboxylic acids is 1. The predicted octanol–water partition coefficient (Wildman–Crippen LogP) is 3.57. The first-order chi connectivity index (χ1) is 12.0. The van der Waals surface area contributed by atoms with Gasteiger partial charge in [0.2, 0.25) is 5.91 Å². The molecular weight excluding hydrogens is 324 g/mol. The largest absolute Gasteiger partial charge is 0.493 e. The summed E-state index contributed by atoms with van der Waals surface area (Å²) < 4.78 is 10.4. The van der Waals surface area contributed by atoms with Gasteiger partial charge in [0, 0.05) is 12.1 Å². The summed E-state index contributed by atoms with van der Waals surface area (Å²) in [5, 5.41) is 13.6. The minimum atomic E-state index is -0.482. The van der Waals surface area contributed by atoms with Crippen LogP contribution >= 0.6 is 0 Å². The number of amides is 1. The number of methoxy groups -OCH3 is 2. The third-order valence-electron chi connectivity index (χ3n) is 3.59. The van der Waals surface area contributed by atoms with Crippen molar-refractivity contribution in [1.82, 2.24) is 0 Å². The summed E-state index contributed by atoms with van der Waals surface area (Å²) in [5.74, 6) is 0.759. The molecule has 0 saturated heterocycles. The molecule has 0 aliphatic heterocycles. The number of nitrogens with one attached hydrogen (secondary N) is 1. The van der Waals surface area contributed by atoms with Crippen LogP contribution in [-0.4, -0.2) is 25.1 Å². The van der Waals surface area contributed by atoms with E-state index in [1.54, 1.807) is 44.4 Å². The number of anilines is 1. The van der Waals surface area contributed by atoms with Crippen molar-refractivity contribution in [3.05, 3.63) is 63.7 Å². The van der Waals surface area contributed by atoms with Gasteiger partial charge in [-0.25, -0.2) is 0 Å². The summed E-state index contributed by atoms with van der Waals surface area (Å²) in [6, 6.07) is 9.79. The summed E-state index contributed by atoms with van der Waals surface area (Å²) in [7, 11) is 3.07. The molecule has 0 bridgehead atoms. The van der Waals surface area contributed by atoms with E-state index in [1.807, 2.05) is 0 Å². The smallest absolute Gasteiger partial charge is 0.274 e. The Hall–Kier alpha value is -3.35. The van der Waals surface area contributed by atoms with E-state index in [1.165, 1.54) is 25.3 Å². The Balaban J connectivity index is 2.14. The number of nitro benzene ring substituents is 1. The van der Waals surface area contributed by atoms with Gasteiger partial charge in [-0.1, -0.05) is 12.1 Å². The van der Waals surface area contributed by atoms with Crippen LogP contribution < -0.4 is 14.8 Å². The van der Waals surface area contributed by atoms with E-state index < -0.39 is 10.8 Å². The second kappa shape index (κ2) is 7.96. The van der Waals surface area contributed by atoms with Crippen molar-refractivity contribution in [3.8, 4) is 11.5 Å². The molecule has 1 amide bonds. The van der Waals surface area contributed by atoms with Crippen LogP contribution in [0.3, 0.4) is 0 Å². The molecule has 130 valence electrons. The Morgan fingerprint density at radius 2 is 1.88 bits per heavy atom. The molecule has 0 aromatic heterocycles. The molecule has 0 saturated carbocycles. The molecule has 0 heterocycles. The van der Waals surface area contributed by atoms with Crippen LogP contribution in [0.2, 0.25) is 0 Å². The zero-order valence-electron chi connectivity index (χ0n) is 14.1. The number of benzene rings is 2. The normalized spacial score (nSPS) is 10.5. The monoisotopic (exact) mass is 342 g/mol. The Morgan fingerprint density at radius 1 is 1.16 bits per heavy atom. The van der Waals surface area contributed by atoms with Crippen LogP contribution in [0, 0.1) is 17.0 Å². The molecule has 7 heteroatoms. The number of nitro groups is 1. The van der Waals surface area contributed by atoms with Crippen molar-refractivity contribution in [2.75, 3.05) is 19.5 Å². The van der Waals surface area contributed by atoms with Gasteiger partial charge >= 0.3 is 0 Å². The lowest BCUT2D eigenvalue weighted by molar-refractivity contribution is -0.385. The topological polar surface area (TPSA) is 90.7 Å². The van der Waals surface area contributed by atoms with Gasteiger partial charge in [0.15, 0.2) is 11.5 Å². The number of hydrogen-bond acceptors (Lipinski definition) is 5. The zero-order chi connectivity index (χ0) is 18.4. The van der Waals surface area contributed by atoms with E-state index in [0.717, 1.165) is 5.56 Å². The van der Waals surface area contributed by atoms with Crippen LogP contribution in [0.4, 0.5) is 11.4 Å². The van der Waals surface area contributed by atoms with Gasteiger partial charge in [-0.3, -0.25) is 14.9 Å². The van der Waals surface area contributed by atoms with E-state index in [-0.39, 0.29) is 5.69 Å². The fourth-order valence-corrected chi connectivity index (χ4v) is 2.26. The van der Waals surface area contributed by atoms with Gasteiger partial charge in [-0.05, 0) is 36.8 Å². The molecule has 0 aliphatic carbocycles. The summed E-state index contributed by atoms with van der Waals surface area (Å²) >= 11 is 0. The minimum Gasteiger partial charge on any atom is -0.493 e. The number of ether oxygens (including phenoxy) is 2. The van der Waals surface area contributed by atoms with Gasteiger partial charge < -0.3 is 14.8 Å². The molecule has 2 aromatic rings. The second-order valence-electron chi connectivity index (χ2n) is 5.14. The number of rotatable bonds is 6. The molecule has 2 aromatic carbocycles. The predicted molar refractivity (Wildman–Crippen MR) is 95.0 cm³/mol. The van der Waals surface area contributed by atoms with Crippen molar-refractivity contribution in [1.29, 1.82) is 0 Å². The van der Waals surface area contributed by atoms with E-state index in [9.17, 15) is 14.9 Å². The number of carbonyl (C=O) groups is 1. The SMILES string of the molecule is COc1ccc(/C=C/C(=O)Nc2cccc([N+](=O)[O-])c2C)cc1OC. The highest BCUT2D eigenvalue weighted by molar-refractivity contribution is 6.02. The van der Waals surface area contributed by atoms with Crippen LogP contribution in [0.5, 0.6) is 11.5 Å². The first-order valence-electron chi connectivity index (χ1n) is 7.41. The molecule has 0 radical (unpaired) electrons. The Kier molecular flexibility index (Phi) is 5.73. The van der Waals surface area contributed by atoms with Gasteiger partial charge in [0.05, 0.1) is 30.4 Å². The first kappa shape index (κ1) is 18.0. The van der Waals surface area contributed by atoms with Crippen LogP contribution in [0.15, 0.2) is 42.5 Å². The average Bonchev–Trinajstić information content (AvgIpc) is 2.61. The van der Waals surface area contributed by atoms with Gasteiger partial charge in [-0.15, -0.1) is 0 Å². The highest BCUT2D eigenvalue weighted by atomic mass is 16.6. The van der Waals surface area contributed by atoms with Gasteiger partial charge in [0.25, 0.3) is 5.69 Å². The molecular formula is C18H18N2O5. The third kappa shape index (κ3) is 4.35. The number of hydrogen-bond donors (Lipinski definition) is 1. The summed E-state index contributed by atoms with van der Waals surface area (Å²) in [5.41, 5.74) is 1.52. The molecule has 25 heavy (non-hydrogen) atoms.